The molecule has 2 aromatic rings. The van der Waals surface area contributed by atoms with Crippen LogP contribution in [0.15, 0.2) is 35.1 Å². The number of likely N-dealkylation sites (tertiary alicyclic amines) is 1. The Hall–Kier alpha value is -2.43. The molecule has 1 N–H and O–H groups in total. The number of hydrogen-bond acceptors (Lipinski definition) is 3. The molecule has 136 valence electrons. The van der Waals surface area contributed by atoms with Gasteiger partial charge in [-0.2, -0.15) is 0 Å². The van der Waals surface area contributed by atoms with Gasteiger partial charge in [-0.05, 0) is 50.2 Å². The zero-order valence-electron chi connectivity index (χ0n) is 15.2. The van der Waals surface area contributed by atoms with Crippen LogP contribution in [0, 0.1) is 12.8 Å². The summed E-state index contributed by atoms with van der Waals surface area (Å²) >= 11 is 0. The van der Waals surface area contributed by atoms with Crippen molar-refractivity contribution in [2.45, 2.75) is 44.9 Å². The Balaban J connectivity index is 1.39. The Morgan fingerprint density at radius 3 is 2.62 bits per heavy atom. The predicted octanol–water partition coefficient (Wildman–Crippen LogP) is 2.59. The molecule has 2 heterocycles. The quantitative estimate of drug-likeness (QED) is 0.904. The first-order valence-electron chi connectivity index (χ1n) is 9.53. The van der Waals surface area contributed by atoms with Gasteiger partial charge in [-0.1, -0.05) is 24.3 Å². The molecule has 0 radical (unpaired) electrons. The molecule has 1 atom stereocenters. The number of amides is 1. The van der Waals surface area contributed by atoms with E-state index in [1.165, 1.54) is 11.1 Å². The number of nitrogens with one attached hydrogen (secondary N) is 1. The third-order valence-electron chi connectivity index (χ3n) is 5.80. The Bertz CT molecular complexity index is 866. The van der Waals surface area contributed by atoms with Crippen molar-refractivity contribution in [2.24, 2.45) is 5.92 Å². The monoisotopic (exact) mass is 351 g/mol. The normalized spacial score (nSPS) is 20.7. The second-order valence-corrected chi connectivity index (χ2v) is 7.56. The van der Waals surface area contributed by atoms with E-state index in [0.29, 0.717) is 11.7 Å². The van der Waals surface area contributed by atoms with E-state index in [2.05, 4.69) is 34.2 Å². The summed E-state index contributed by atoms with van der Waals surface area (Å²) in [5.74, 6) is 1.34. The van der Waals surface area contributed by atoms with Gasteiger partial charge in [-0.3, -0.25) is 9.59 Å². The number of aromatic nitrogens is 2. The van der Waals surface area contributed by atoms with E-state index in [9.17, 15) is 9.59 Å². The van der Waals surface area contributed by atoms with E-state index < -0.39 is 0 Å². The topological polar surface area (TPSA) is 66.1 Å². The molecule has 2 aliphatic rings. The van der Waals surface area contributed by atoms with E-state index in [0.717, 1.165) is 50.9 Å². The summed E-state index contributed by atoms with van der Waals surface area (Å²) in [4.78, 5) is 33.8. The van der Waals surface area contributed by atoms with Gasteiger partial charge in [0.1, 0.15) is 5.82 Å². The van der Waals surface area contributed by atoms with Gasteiger partial charge in [-0.25, -0.2) is 4.98 Å². The first kappa shape index (κ1) is 17.0. The van der Waals surface area contributed by atoms with Crippen LogP contribution in [0.3, 0.4) is 0 Å². The lowest BCUT2D eigenvalue weighted by molar-refractivity contribution is -0.137. The minimum atomic E-state index is -0.0909. The van der Waals surface area contributed by atoms with Crippen molar-refractivity contribution in [3.8, 4) is 0 Å². The fraction of sp³-hybridized carbons (Fsp3) is 0.476. The molecule has 5 nitrogen and oxygen atoms in total. The largest absolute Gasteiger partial charge is 0.342 e. The van der Waals surface area contributed by atoms with Gasteiger partial charge in [-0.15, -0.1) is 0 Å². The molecule has 1 fully saturated rings. The zero-order valence-corrected chi connectivity index (χ0v) is 15.2. The Morgan fingerprint density at radius 1 is 1.15 bits per heavy atom. The van der Waals surface area contributed by atoms with Crippen molar-refractivity contribution in [2.75, 3.05) is 13.1 Å². The number of fused-ring (bicyclic) bond motifs is 1. The van der Waals surface area contributed by atoms with E-state index >= 15 is 0 Å². The molecule has 1 amide bonds. The second kappa shape index (κ2) is 7.06. The first-order valence-corrected chi connectivity index (χ1v) is 9.53. The standard InChI is InChI=1S/C21H25N3O2/c1-14-22-19(13-20(25)23-14)16-8-10-24(11-9-16)21(26)18-7-6-15-4-2-3-5-17(15)12-18/h2-5,13,16,18H,6-12H2,1H3,(H,22,23,25)/t18-/m1/s1. The number of benzene rings is 1. The molecular weight excluding hydrogens is 326 g/mol. The van der Waals surface area contributed by atoms with Crippen molar-refractivity contribution in [1.29, 1.82) is 0 Å². The van der Waals surface area contributed by atoms with Crippen LogP contribution in [0.2, 0.25) is 0 Å². The average Bonchev–Trinajstić information content (AvgIpc) is 2.66. The number of piperidine rings is 1. The highest BCUT2D eigenvalue weighted by atomic mass is 16.2. The number of H-pyrrole nitrogens is 1. The molecular formula is C21H25N3O2. The highest BCUT2D eigenvalue weighted by Crippen LogP contribution is 2.30. The minimum Gasteiger partial charge on any atom is -0.342 e. The summed E-state index contributed by atoms with van der Waals surface area (Å²) in [7, 11) is 0. The van der Waals surface area contributed by atoms with Crippen molar-refractivity contribution >= 4 is 5.91 Å². The maximum Gasteiger partial charge on any atom is 0.251 e. The van der Waals surface area contributed by atoms with Gasteiger partial charge in [0.25, 0.3) is 5.56 Å². The SMILES string of the molecule is Cc1nc(C2CCN(C(=O)[C@@H]3CCc4ccccc4C3)CC2)cc(=O)[nH]1. The van der Waals surface area contributed by atoms with E-state index in [1.807, 2.05) is 11.8 Å². The lowest BCUT2D eigenvalue weighted by atomic mass is 9.82. The number of carbonyl (C=O) groups is 1. The summed E-state index contributed by atoms with van der Waals surface area (Å²) in [6, 6.07) is 10.1. The third kappa shape index (κ3) is 3.43. The fourth-order valence-electron chi connectivity index (χ4n) is 4.37. The Kier molecular flexibility index (Phi) is 4.62. The van der Waals surface area contributed by atoms with Crippen LogP contribution in [-0.4, -0.2) is 33.9 Å². The van der Waals surface area contributed by atoms with Crippen LogP contribution in [0.4, 0.5) is 0 Å². The molecule has 0 bridgehead atoms. The van der Waals surface area contributed by atoms with E-state index in [4.69, 9.17) is 0 Å². The molecule has 1 aromatic heterocycles. The van der Waals surface area contributed by atoms with Crippen molar-refractivity contribution in [3.05, 3.63) is 63.3 Å². The Morgan fingerprint density at radius 2 is 1.88 bits per heavy atom. The number of carbonyl (C=O) groups excluding carboxylic acids is 1. The predicted molar refractivity (Wildman–Crippen MR) is 100 cm³/mol. The average molecular weight is 351 g/mol. The summed E-state index contributed by atoms with van der Waals surface area (Å²) in [5.41, 5.74) is 3.50. The maximum absolute atomic E-state index is 13.0. The van der Waals surface area contributed by atoms with Crippen LogP contribution >= 0.6 is 0 Å². The lowest BCUT2D eigenvalue weighted by Crippen LogP contribution is -2.43. The number of rotatable bonds is 2. The highest BCUT2D eigenvalue weighted by molar-refractivity contribution is 5.79. The van der Waals surface area contributed by atoms with Gasteiger partial charge in [0.15, 0.2) is 0 Å². The molecule has 4 rings (SSSR count). The van der Waals surface area contributed by atoms with Gasteiger partial charge in [0, 0.05) is 31.0 Å². The second-order valence-electron chi connectivity index (χ2n) is 7.56. The van der Waals surface area contributed by atoms with Gasteiger partial charge in [0.05, 0.1) is 5.69 Å². The van der Waals surface area contributed by atoms with Crippen LogP contribution in [-0.2, 0) is 17.6 Å². The van der Waals surface area contributed by atoms with Crippen LogP contribution in [0.1, 0.15) is 47.8 Å². The highest BCUT2D eigenvalue weighted by Gasteiger charge is 2.31. The number of nitrogens with zero attached hydrogens (tertiary/aromatic N) is 2. The molecule has 1 aromatic carbocycles. The summed E-state index contributed by atoms with van der Waals surface area (Å²) in [6.45, 7) is 3.33. The number of aromatic amines is 1. The lowest BCUT2D eigenvalue weighted by Gasteiger charge is -2.35. The van der Waals surface area contributed by atoms with Gasteiger partial charge >= 0.3 is 0 Å². The molecule has 1 aliphatic heterocycles. The summed E-state index contributed by atoms with van der Waals surface area (Å²) in [5, 5.41) is 0. The molecule has 0 unspecified atom stereocenters. The minimum absolute atomic E-state index is 0.0909. The smallest absolute Gasteiger partial charge is 0.251 e. The molecule has 26 heavy (non-hydrogen) atoms. The fourth-order valence-corrected chi connectivity index (χ4v) is 4.37. The number of aryl methyl sites for hydroxylation is 2. The molecule has 1 aliphatic carbocycles. The van der Waals surface area contributed by atoms with Gasteiger partial charge in [0.2, 0.25) is 5.91 Å². The van der Waals surface area contributed by atoms with Gasteiger partial charge < -0.3 is 9.88 Å². The van der Waals surface area contributed by atoms with Crippen LogP contribution < -0.4 is 5.56 Å². The van der Waals surface area contributed by atoms with Crippen LogP contribution in [0.5, 0.6) is 0 Å². The number of hydrogen-bond donors (Lipinski definition) is 1. The molecule has 1 saturated heterocycles. The van der Waals surface area contributed by atoms with E-state index in [-0.39, 0.29) is 17.4 Å². The summed E-state index contributed by atoms with van der Waals surface area (Å²) < 4.78 is 0. The van der Waals surface area contributed by atoms with Crippen molar-refractivity contribution < 1.29 is 4.79 Å². The summed E-state index contributed by atoms with van der Waals surface area (Å²) in [6.07, 6.45) is 4.57. The Labute approximate surface area is 153 Å². The van der Waals surface area contributed by atoms with Crippen LogP contribution in [0.25, 0.3) is 0 Å². The molecule has 0 saturated carbocycles. The van der Waals surface area contributed by atoms with Crippen molar-refractivity contribution in [3.63, 3.8) is 0 Å². The van der Waals surface area contributed by atoms with Crippen molar-refractivity contribution in [1.82, 2.24) is 14.9 Å². The first-order chi connectivity index (χ1) is 12.6. The maximum atomic E-state index is 13.0. The van der Waals surface area contributed by atoms with E-state index in [1.54, 1.807) is 6.07 Å². The zero-order chi connectivity index (χ0) is 18.1. The molecule has 0 spiro atoms. The third-order valence-corrected chi connectivity index (χ3v) is 5.80. The molecule has 5 heteroatoms.